The Morgan fingerprint density at radius 1 is 1.14 bits per heavy atom. The molecule has 0 aromatic heterocycles. The number of rotatable bonds is 11. The summed E-state index contributed by atoms with van der Waals surface area (Å²) in [5.41, 5.74) is 1.49. The first-order chi connectivity index (χ1) is 14.0. The fourth-order valence-electron chi connectivity index (χ4n) is 3.38. The van der Waals surface area contributed by atoms with Gasteiger partial charge >= 0.3 is 12.0 Å². The minimum atomic E-state index is -0.633. The highest BCUT2D eigenvalue weighted by molar-refractivity contribution is 6.32. The number of carbonyl (C=O) groups is 2. The zero-order chi connectivity index (χ0) is 21.2. The third-order valence-electron chi connectivity index (χ3n) is 4.97. The normalized spacial score (nSPS) is 16.3. The first-order valence-electron chi connectivity index (χ1n) is 10.3. The lowest BCUT2D eigenvalue weighted by molar-refractivity contribution is -0.136. The molecule has 0 saturated carbocycles. The molecule has 1 heterocycles. The van der Waals surface area contributed by atoms with Crippen LogP contribution in [0.25, 0.3) is 0 Å². The van der Waals surface area contributed by atoms with E-state index >= 15 is 0 Å². The van der Waals surface area contributed by atoms with Crippen molar-refractivity contribution in [1.29, 1.82) is 0 Å². The summed E-state index contributed by atoms with van der Waals surface area (Å²) in [4.78, 5) is 24.1. The number of benzene rings is 1. The molecule has 1 unspecified atom stereocenters. The summed E-state index contributed by atoms with van der Waals surface area (Å²) >= 11 is 6.39. The van der Waals surface area contributed by atoms with Crippen molar-refractivity contribution in [3.63, 3.8) is 0 Å². The Bertz CT molecular complexity index is 748. The van der Waals surface area contributed by atoms with Crippen LogP contribution in [0.4, 0.5) is 4.79 Å². The van der Waals surface area contributed by atoms with Crippen molar-refractivity contribution in [2.24, 2.45) is 0 Å². The van der Waals surface area contributed by atoms with Crippen molar-refractivity contribution in [3.8, 4) is 5.75 Å². The second kappa shape index (κ2) is 11.7. The smallest absolute Gasteiger partial charge is 0.337 e. The van der Waals surface area contributed by atoms with Crippen molar-refractivity contribution >= 4 is 23.6 Å². The average Bonchev–Trinajstić information content (AvgIpc) is 2.69. The Morgan fingerprint density at radius 2 is 1.83 bits per heavy atom. The Kier molecular flexibility index (Phi) is 9.32. The molecular weight excluding hydrogens is 392 g/mol. The molecule has 0 bridgehead atoms. The van der Waals surface area contributed by atoms with Gasteiger partial charge in [-0.2, -0.15) is 0 Å². The van der Waals surface area contributed by atoms with E-state index in [-0.39, 0.29) is 6.03 Å². The number of unbranched alkanes of at least 4 members (excludes halogenated alkanes) is 6. The first kappa shape index (κ1) is 23.1. The molecule has 0 aliphatic carbocycles. The van der Waals surface area contributed by atoms with E-state index in [1.807, 2.05) is 0 Å². The highest BCUT2D eigenvalue weighted by Crippen LogP contribution is 2.33. The summed E-state index contributed by atoms with van der Waals surface area (Å²) in [6, 6.07) is 4.28. The van der Waals surface area contributed by atoms with Crippen LogP contribution in [-0.2, 0) is 9.53 Å². The summed E-state index contributed by atoms with van der Waals surface area (Å²) in [6.45, 7) is 4.50. The minimum absolute atomic E-state index is 0.347. The van der Waals surface area contributed by atoms with Gasteiger partial charge in [0.15, 0.2) is 0 Å². The molecule has 0 saturated heterocycles. The number of hydrogen-bond acceptors (Lipinski definition) is 4. The number of carbonyl (C=O) groups excluding carboxylic acids is 2. The van der Waals surface area contributed by atoms with Crippen molar-refractivity contribution in [2.45, 2.75) is 64.8 Å². The van der Waals surface area contributed by atoms with Gasteiger partial charge in [-0.15, -0.1) is 0 Å². The van der Waals surface area contributed by atoms with E-state index in [1.165, 1.54) is 39.2 Å². The van der Waals surface area contributed by atoms with Gasteiger partial charge in [-0.05, 0) is 31.0 Å². The van der Waals surface area contributed by atoms with Crippen molar-refractivity contribution in [3.05, 3.63) is 40.1 Å². The molecule has 1 aromatic rings. The Balaban J connectivity index is 1.97. The van der Waals surface area contributed by atoms with Crippen molar-refractivity contribution < 1.29 is 19.1 Å². The monoisotopic (exact) mass is 422 g/mol. The van der Waals surface area contributed by atoms with Gasteiger partial charge in [0.05, 0.1) is 30.4 Å². The number of esters is 1. The van der Waals surface area contributed by atoms with Gasteiger partial charge in [-0.1, -0.05) is 63.1 Å². The van der Waals surface area contributed by atoms with E-state index in [0.29, 0.717) is 34.2 Å². The Labute approximate surface area is 178 Å². The third kappa shape index (κ3) is 6.67. The summed E-state index contributed by atoms with van der Waals surface area (Å²) in [6.07, 6.45) is 8.51. The molecule has 1 aliphatic rings. The summed E-state index contributed by atoms with van der Waals surface area (Å²) in [5.74, 6) is 0.0948. The number of methoxy groups -OCH3 is 1. The molecular formula is C22H31ClN2O4. The number of halogens is 1. The summed E-state index contributed by atoms with van der Waals surface area (Å²) in [7, 11) is 1.31. The van der Waals surface area contributed by atoms with Crippen LogP contribution in [0.5, 0.6) is 5.75 Å². The minimum Gasteiger partial charge on any atom is -0.492 e. The van der Waals surface area contributed by atoms with Crippen LogP contribution < -0.4 is 15.4 Å². The first-order valence-corrected chi connectivity index (χ1v) is 10.6. The van der Waals surface area contributed by atoms with E-state index in [2.05, 4.69) is 17.6 Å². The van der Waals surface area contributed by atoms with Gasteiger partial charge in [0, 0.05) is 5.70 Å². The number of urea groups is 1. The Hall–Kier alpha value is -2.21. The standard InChI is InChI=1S/C22H31ClN2O4/c1-4-5-6-7-8-9-10-13-29-18-12-11-16(14-17(18)23)20-19(21(26)28-3)15(2)24-22(27)25-20/h11-12,14,20H,4-10,13H2,1-3H3,(H2,24,25,27). The van der Waals surface area contributed by atoms with Gasteiger partial charge in [-0.3, -0.25) is 0 Å². The second-order valence-electron chi connectivity index (χ2n) is 7.22. The van der Waals surface area contributed by atoms with E-state index in [0.717, 1.165) is 12.8 Å². The number of ether oxygens (including phenoxy) is 2. The lowest BCUT2D eigenvalue weighted by atomic mass is 9.95. The van der Waals surface area contributed by atoms with E-state index in [1.54, 1.807) is 25.1 Å². The molecule has 6 nitrogen and oxygen atoms in total. The largest absolute Gasteiger partial charge is 0.492 e. The molecule has 2 rings (SSSR count). The van der Waals surface area contributed by atoms with Gasteiger partial charge < -0.3 is 20.1 Å². The van der Waals surface area contributed by atoms with Gasteiger partial charge in [0.1, 0.15) is 5.75 Å². The maximum absolute atomic E-state index is 12.2. The number of nitrogens with one attached hydrogen (secondary N) is 2. The molecule has 0 radical (unpaired) electrons. The second-order valence-corrected chi connectivity index (χ2v) is 7.63. The van der Waals surface area contributed by atoms with Crippen LogP contribution in [0.15, 0.2) is 29.5 Å². The zero-order valence-corrected chi connectivity index (χ0v) is 18.2. The predicted octanol–water partition coefficient (Wildman–Crippen LogP) is 5.27. The lowest BCUT2D eigenvalue weighted by Gasteiger charge is -2.28. The van der Waals surface area contributed by atoms with E-state index in [9.17, 15) is 9.59 Å². The number of amides is 2. The fourth-order valence-corrected chi connectivity index (χ4v) is 3.62. The van der Waals surface area contributed by atoms with E-state index in [4.69, 9.17) is 21.1 Å². The molecule has 1 aliphatic heterocycles. The number of allylic oxidation sites excluding steroid dienone is 1. The quantitative estimate of drug-likeness (QED) is 0.376. The molecule has 160 valence electrons. The van der Waals surface area contributed by atoms with Crippen LogP contribution >= 0.6 is 11.6 Å². The van der Waals surface area contributed by atoms with Crippen LogP contribution in [0.3, 0.4) is 0 Å². The van der Waals surface area contributed by atoms with Crippen LogP contribution in [0.1, 0.15) is 70.4 Å². The zero-order valence-electron chi connectivity index (χ0n) is 17.5. The molecule has 0 fully saturated rings. The molecule has 1 atom stereocenters. The molecule has 29 heavy (non-hydrogen) atoms. The predicted molar refractivity (Wildman–Crippen MR) is 114 cm³/mol. The van der Waals surface area contributed by atoms with Crippen LogP contribution in [0, 0.1) is 0 Å². The number of hydrogen-bond donors (Lipinski definition) is 2. The maximum atomic E-state index is 12.2. The van der Waals surface area contributed by atoms with Gasteiger partial charge in [0.25, 0.3) is 0 Å². The molecule has 7 heteroatoms. The summed E-state index contributed by atoms with van der Waals surface area (Å²) in [5, 5.41) is 5.79. The topological polar surface area (TPSA) is 76.7 Å². The fraction of sp³-hybridized carbons (Fsp3) is 0.545. The van der Waals surface area contributed by atoms with Crippen LogP contribution in [-0.4, -0.2) is 25.7 Å². The molecule has 2 N–H and O–H groups in total. The highest BCUT2D eigenvalue weighted by Gasteiger charge is 2.32. The SMILES string of the molecule is CCCCCCCCCOc1ccc(C2NC(=O)NC(C)=C2C(=O)OC)cc1Cl. The van der Waals surface area contributed by atoms with Crippen molar-refractivity contribution in [1.82, 2.24) is 10.6 Å². The lowest BCUT2D eigenvalue weighted by Crippen LogP contribution is -2.45. The maximum Gasteiger partial charge on any atom is 0.337 e. The third-order valence-corrected chi connectivity index (χ3v) is 5.26. The molecule has 2 amide bonds. The average molecular weight is 423 g/mol. The molecule has 1 aromatic carbocycles. The highest BCUT2D eigenvalue weighted by atomic mass is 35.5. The Morgan fingerprint density at radius 3 is 2.48 bits per heavy atom. The van der Waals surface area contributed by atoms with Gasteiger partial charge in [0.2, 0.25) is 0 Å². The van der Waals surface area contributed by atoms with Gasteiger partial charge in [-0.25, -0.2) is 9.59 Å². The summed E-state index contributed by atoms with van der Waals surface area (Å²) < 4.78 is 10.7. The molecule has 0 spiro atoms. The van der Waals surface area contributed by atoms with Crippen LogP contribution in [0.2, 0.25) is 5.02 Å². The van der Waals surface area contributed by atoms with Crippen molar-refractivity contribution in [2.75, 3.05) is 13.7 Å². The van der Waals surface area contributed by atoms with E-state index < -0.39 is 12.0 Å².